The highest BCUT2D eigenvalue weighted by atomic mass is 16.5. The van der Waals surface area contributed by atoms with E-state index in [0.717, 1.165) is 5.56 Å². The van der Waals surface area contributed by atoms with Crippen molar-refractivity contribution in [2.75, 3.05) is 6.61 Å². The molecule has 0 heterocycles. The molecule has 7 atom stereocenters. The molecule has 0 aliphatic heterocycles. The quantitative estimate of drug-likeness (QED) is 0.483. The maximum Gasteiger partial charge on any atom is 0.309 e. The van der Waals surface area contributed by atoms with Crippen LogP contribution < -0.4 is 0 Å². The molecule has 0 N–H and O–H groups in total. The highest BCUT2D eigenvalue weighted by Crippen LogP contribution is 2.71. The van der Waals surface area contributed by atoms with Crippen molar-refractivity contribution in [1.29, 1.82) is 0 Å². The van der Waals surface area contributed by atoms with Crippen molar-refractivity contribution in [2.45, 2.75) is 18.8 Å². The minimum Gasteiger partial charge on any atom is -0.466 e. The summed E-state index contributed by atoms with van der Waals surface area (Å²) in [4.78, 5) is 38.5. The molecule has 1 aromatic rings. The van der Waals surface area contributed by atoms with Gasteiger partial charge >= 0.3 is 5.97 Å². The summed E-state index contributed by atoms with van der Waals surface area (Å²) in [5.41, 5.74) is 0.621. The van der Waals surface area contributed by atoms with Crippen LogP contribution in [0.4, 0.5) is 0 Å². The Bertz CT molecular complexity index is 810. The van der Waals surface area contributed by atoms with Gasteiger partial charge in [0.05, 0.1) is 12.5 Å². The van der Waals surface area contributed by atoms with Crippen LogP contribution in [0.3, 0.4) is 0 Å². The zero-order chi connectivity index (χ0) is 17.3. The first kappa shape index (κ1) is 15.1. The number of fused-ring (bicyclic) bond motifs is 9. The Kier molecular flexibility index (Phi) is 2.95. The molecule has 5 rings (SSSR count). The van der Waals surface area contributed by atoms with E-state index in [2.05, 4.69) is 0 Å². The van der Waals surface area contributed by atoms with Gasteiger partial charge in [-0.1, -0.05) is 42.5 Å². The average Bonchev–Trinajstić information content (AvgIpc) is 3.31. The standard InChI is InChI=1S/C21H20O4/c1-2-25-20(24)13-10-15-19(23)16(13)17-12-8-9-14(18(12)22)21(15,17)11-6-4-3-5-7-11/h3-9,12-17H,2,10H2,1H3. The van der Waals surface area contributed by atoms with Crippen molar-refractivity contribution in [3.63, 3.8) is 0 Å². The van der Waals surface area contributed by atoms with Gasteiger partial charge in [0, 0.05) is 29.1 Å². The zero-order valence-electron chi connectivity index (χ0n) is 14.1. The molecule has 0 radical (unpaired) electrons. The smallest absolute Gasteiger partial charge is 0.309 e. The number of rotatable bonds is 3. The molecule has 7 unspecified atom stereocenters. The third-order valence-corrected chi connectivity index (χ3v) is 7.02. The number of carbonyl (C=O) groups excluding carboxylic acids is 3. The van der Waals surface area contributed by atoms with Gasteiger partial charge < -0.3 is 4.74 Å². The Morgan fingerprint density at radius 3 is 2.64 bits per heavy atom. The summed E-state index contributed by atoms with van der Waals surface area (Å²) in [7, 11) is 0. The van der Waals surface area contributed by atoms with Gasteiger partial charge in [-0.05, 0) is 24.8 Å². The van der Waals surface area contributed by atoms with Crippen LogP contribution in [0.15, 0.2) is 42.5 Å². The van der Waals surface area contributed by atoms with Crippen LogP contribution in [0.5, 0.6) is 0 Å². The van der Waals surface area contributed by atoms with E-state index in [9.17, 15) is 14.4 Å². The summed E-state index contributed by atoms with van der Waals surface area (Å²) < 4.78 is 5.23. The normalized spacial score (nSPS) is 42.9. The van der Waals surface area contributed by atoms with E-state index in [1.165, 1.54) is 0 Å². The van der Waals surface area contributed by atoms with Crippen molar-refractivity contribution >= 4 is 17.5 Å². The second-order valence-corrected chi connectivity index (χ2v) is 7.69. The van der Waals surface area contributed by atoms with Crippen LogP contribution in [-0.2, 0) is 24.5 Å². The predicted molar refractivity (Wildman–Crippen MR) is 89.5 cm³/mol. The number of ketones is 2. The van der Waals surface area contributed by atoms with Gasteiger partial charge in [-0.3, -0.25) is 14.4 Å². The number of Topliss-reactive ketones (excluding diaryl/α,β-unsaturated/α-hetero) is 2. The minimum absolute atomic E-state index is 0.0990. The molecule has 3 fully saturated rings. The summed E-state index contributed by atoms with van der Waals surface area (Å²) in [6.45, 7) is 2.10. The van der Waals surface area contributed by atoms with Crippen molar-refractivity contribution in [2.24, 2.45) is 35.5 Å². The third-order valence-electron chi connectivity index (χ3n) is 7.02. The lowest BCUT2D eigenvalue weighted by Gasteiger charge is -2.45. The van der Waals surface area contributed by atoms with Crippen LogP contribution in [0.1, 0.15) is 18.9 Å². The lowest BCUT2D eigenvalue weighted by molar-refractivity contribution is -0.152. The van der Waals surface area contributed by atoms with Crippen LogP contribution in [0.2, 0.25) is 0 Å². The van der Waals surface area contributed by atoms with Crippen molar-refractivity contribution in [1.82, 2.24) is 0 Å². The number of carbonyl (C=O) groups is 3. The monoisotopic (exact) mass is 336 g/mol. The van der Waals surface area contributed by atoms with E-state index in [0.29, 0.717) is 13.0 Å². The molecule has 128 valence electrons. The topological polar surface area (TPSA) is 60.4 Å². The van der Waals surface area contributed by atoms with Crippen LogP contribution in [0.25, 0.3) is 0 Å². The second-order valence-electron chi connectivity index (χ2n) is 7.69. The molecule has 4 nitrogen and oxygen atoms in total. The van der Waals surface area contributed by atoms with Crippen LogP contribution in [-0.4, -0.2) is 24.1 Å². The molecule has 0 amide bonds. The number of benzene rings is 1. The SMILES string of the molecule is CCOC(=O)C1CC2C(=O)C1C1C3C=CC(C3=O)C21c1ccccc1. The Labute approximate surface area is 146 Å². The van der Waals surface area contributed by atoms with Crippen LogP contribution >= 0.6 is 0 Å². The molecule has 0 aromatic heterocycles. The Balaban J connectivity index is 1.67. The third kappa shape index (κ3) is 1.56. The molecular formula is C21H20O4. The first-order valence-corrected chi connectivity index (χ1v) is 9.10. The number of hydrogen-bond donors (Lipinski definition) is 0. The molecule has 4 bridgehead atoms. The molecule has 3 saturated carbocycles. The van der Waals surface area contributed by atoms with E-state index >= 15 is 0 Å². The zero-order valence-corrected chi connectivity index (χ0v) is 14.1. The number of ether oxygens (including phenoxy) is 1. The highest BCUT2D eigenvalue weighted by Gasteiger charge is 2.77. The fourth-order valence-electron chi connectivity index (χ4n) is 6.39. The summed E-state index contributed by atoms with van der Waals surface area (Å²) in [5, 5.41) is 0. The van der Waals surface area contributed by atoms with Crippen molar-refractivity contribution < 1.29 is 19.1 Å². The Morgan fingerprint density at radius 2 is 1.92 bits per heavy atom. The molecule has 4 heteroatoms. The molecule has 0 saturated heterocycles. The molecule has 0 spiro atoms. The fourth-order valence-corrected chi connectivity index (χ4v) is 6.39. The Hall–Kier alpha value is -2.23. The molecule has 1 aromatic carbocycles. The summed E-state index contributed by atoms with van der Waals surface area (Å²) >= 11 is 0. The molecule has 4 aliphatic rings. The van der Waals surface area contributed by atoms with Crippen molar-refractivity contribution in [3.05, 3.63) is 48.0 Å². The van der Waals surface area contributed by atoms with Gasteiger partial charge in [0.15, 0.2) is 0 Å². The molecule has 25 heavy (non-hydrogen) atoms. The first-order chi connectivity index (χ1) is 12.1. The number of hydrogen-bond acceptors (Lipinski definition) is 4. The minimum atomic E-state index is -0.456. The highest BCUT2D eigenvalue weighted by molar-refractivity contribution is 6.04. The summed E-state index contributed by atoms with van der Waals surface area (Å²) in [6, 6.07) is 9.99. The maximum absolute atomic E-state index is 13.2. The van der Waals surface area contributed by atoms with E-state index in [1.54, 1.807) is 6.92 Å². The summed E-state index contributed by atoms with van der Waals surface area (Å²) in [5.74, 6) is -1.48. The van der Waals surface area contributed by atoms with E-state index in [-0.39, 0.29) is 53.0 Å². The lowest BCUT2D eigenvalue weighted by Crippen LogP contribution is -2.47. The number of esters is 1. The molecular weight excluding hydrogens is 316 g/mol. The van der Waals surface area contributed by atoms with Gasteiger partial charge in [-0.15, -0.1) is 0 Å². The fraction of sp³-hybridized carbons (Fsp3) is 0.476. The van der Waals surface area contributed by atoms with Gasteiger partial charge in [0.25, 0.3) is 0 Å². The maximum atomic E-state index is 13.2. The first-order valence-electron chi connectivity index (χ1n) is 9.10. The van der Waals surface area contributed by atoms with E-state index in [4.69, 9.17) is 4.74 Å². The Morgan fingerprint density at radius 1 is 1.16 bits per heavy atom. The second kappa shape index (κ2) is 4.90. The largest absolute Gasteiger partial charge is 0.466 e. The van der Waals surface area contributed by atoms with Gasteiger partial charge in [-0.25, -0.2) is 0 Å². The van der Waals surface area contributed by atoms with Gasteiger partial charge in [0.1, 0.15) is 11.6 Å². The van der Waals surface area contributed by atoms with Gasteiger partial charge in [0.2, 0.25) is 0 Å². The number of allylic oxidation sites excluding steroid dienone is 2. The van der Waals surface area contributed by atoms with E-state index in [1.807, 2.05) is 42.5 Å². The van der Waals surface area contributed by atoms with E-state index < -0.39 is 5.41 Å². The van der Waals surface area contributed by atoms with Crippen LogP contribution in [0, 0.1) is 35.5 Å². The lowest BCUT2D eigenvalue weighted by atomic mass is 9.56. The average molecular weight is 336 g/mol. The van der Waals surface area contributed by atoms with Crippen molar-refractivity contribution in [3.8, 4) is 0 Å². The van der Waals surface area contributed by atoms with Gasteiger partial charge in [-0.2, -0.15) is 0 Å². The summed E-state index contributed by atoms with van der Waals surface area (Å²) in [6.07, 6.45) is 4.48. The predicted octanol–water partition coefficient (Wildman–Crippen LogP) is 2.32. The molecule has 4 aliphatic carbocycles.